The van der Waals surface area contributed by atoms with Crippen molar-refractivity contribution in [1.29, 1.82) is 0 Å². The maximum Gasteiger partial charge on any atom is 0.331 e. The molecule has 2 N–H and O–H groups in total. The van der Waals surface area contributed by atoms with E-state index in [2.05, 4.69) is 17.2 Å². The zero-order valence-electron chi connectivity index (χ0n) is 22.3. The summed E-state index contributed by atoms with van der Waals surface area (Å²) in [5, 5.41) is 14.4. The molecule has 0 bridgehead atoms. The molecule has 0 aliphatic carbocycles. The number of halogens is 2. The van der Waals surface area contributed by atoms with E-state index in [-0.39, 0.29) is 27.3 Å². The van der Waals surface area contributed by atoms with Crippen LogP contribution in [-0.4, -0.2) is 35.7 Å². The van der Waals surface area contributed by atoms with E-state index in [4.69, 9.17) is 37.8 Å². The number of anilines is 1. The van der Waals surface area contributed by atoms with Gasteiger partial charge in [0.1, 0.15) is 5.75 Å². The molecule has 0 radical (unpaired) electrons. The van der Waals surface area contributed by atoms with Crippen molar-refractivity contribution in [2.75, 3.05) is 19.0 Å². The zero-order chi connectivity index (χ0) is 28.5. The summed E-state index contributed by atoms with van der Waals surface area (Å²) < 4.78 is 11.8. The molecule has 0 spiro atoms. The van der Waals surface area contributed by atoms with Crippen LogP contribution in [0.3, 0.4) is 0 Å². The Morgan fingerprint density at radius 1 is 1.18 bits per heavy atom. The van der Waals surface area contributed by atoms with E-state index in [0.29, 0.717) is 28.7 Å². The number of rotatable bonds is 13. The zero-order valence-corrected chi connectivity index (χ0v) is 24.7. The standard InChI is InChI=1S/C29H32Cl2N2O5S/c1-5-6-7-8-12-38-18(3)20-10-9-11-21(26(20)37-4)25-16-39-29(32-25)33-27(34)19-14-23(30)22(24(31)15-19)13-17(2)28(35)36/h9-11,13-16,18H,5-8,12H2,1-4H3,(H,35,36)(H,32,33,34)/b17-13-. The van der Waals surface area contributed by atoms with Crippen molar-refractivity contribution < 1.29 is 24.2 Å². The van der Waals surface area contributed by atoms with Gasteiger partial charge in [0.25, 0.3) is 5.91 Å². The van der Waals surface area contributed by atoms with Gasteiger partial charge < -0.3 is 14.6 Å². The van der Waals surface area contributed by atoms with E-state index in [1.807, 2.05) is 30.5 Å². The number of carbonyl (C=O) groups is 2. The van der Waals surface area contributed by atoms with E-state index in [9.17, 15) is 9.59 Å². The Bertz CT molecular complexity index is 1330. The van der Waals surface area contributed by atoms with Crippen LogP contribution in [0.2, 0.25) is 10.0 Å². The molecule has 7 nitrogen and oxygen atoms in total. The third-order valence-electron chi connectivity index (χ3n) is 6.09. The van der Waals surface area contributed by atoms with E-state index in [1.165, 1.54) is 49.3 Å². The van der Waals surface area contributed by atoms with Gasteiger partial charge in [-0.15, -0.1) is 11.3 Å². The van der Waals surface area contributed by atoms with Crippen molar-refractivity contribution >= 4 is 57.6 Å². The van der Waals surface area contributed by atoms with E-state index < -0.39 is 11.9 Å². The van der Waals surface area contributed by atoms with Gasteiger partial charge in [-0.3, -0.25) is 10.1 Å². The highest BCUT2D eigenvalue weighted by Crippen LogP contribution is 2.38. The molecule has 1 amide bonds. The Kier molecular flexibility index (Phi) is 11.4. The number of aliphatic carboxylic acids is 1. The second-order valence-electron chi connectivity index (χ2n) is 8.98. The number of para-hydroxylation sites is 1. The fourth-order valence-electron chi connectivity index (χ4n) is 3.94. The van der Waals surface area contributed by atoms with Gasteiger partial charge in [-0.25, -0.2) is 9.78 Å². The summed E-state index contributed by atoms with van der Waals surface area (Å²) in [6, 6.07) is 8.72. The van der Waals surface area contributed by atoms with Crippen LogP contribution in [0, 0.1) is 0 Å². The molecule has 1 aromatic heterocycles. The van der Waals surface area contributed by atoms with Crippen LogP contribution >= 0.6 is 34.5 Å². The fraction of sp³-hybridized carbons (Fsp3) is 0.345. The third-order valence-corrected chi connectivity index (χ3v) is 7.48. The van der Waals surface area contributed by atoms with Crippen LogP contribution in [0.25, 0.3) is 17.3 Å². The number of hydrogen-bond donors (Lipinski definition) is 2. The largest absolute Gasteiger partial charge is 0.496 e. The highest BCUT2D eigenvalue weighted by Gasteiger charge is 2.19. The molecule has 10 heteroatoms. The van der Waals surface area contributed by atoms with Crippen LogP contribution in [-0.2, 0) is 9.53 Å². The molecule has 1 unspecified atom stereocenters. The lowest BCUT2D eigenvalue weighted by molar-refractivity contribution is -0.132. The molecule has 39 heavy (non-hydrogen) atoms. The molecule has 2 aromatic carbocycles. The predicted octanol–water partition coefficient (Wildman–Crippen LogP) is 8.52. The smallest absolute Gasteiger partial charge is 0.331 e. The molecular formula is C29H32Cl2N2O5S. The highest BCUT2D eigenvalue weighted by atomic mass is 35.5. The monoisotopic (exact) mass is 590 g/mol. The average Bonchev–Trinajstić information content (AvgIpc) is 3.37. The number of unbranched alkanes of at least 4 members (excludes halogenated alkanes) is 3. The minimum atomic E-state index is -1.09. The van der Waals surface area contributed by atoms with Crippen molar-refractivity contribution in [3.8, 4) is 17.0 Å². The normalized spacial score (nSPS) is 12.3. The van der Waals surface area contributed by atoms with Crippen molar-refractivity contribution in [2.45, 2.75) is 52.6 Å². The number of nitrogens with zero attached hydrogens (tertiary/aromatic N) is 1. The molecule has 3 rings (SSSR count). The number of benzene rings is 2. The molecule has 1 atom stereocenters. The lowest BCUT2D eigenvalue weighted by Crippen LogP contribution is -2.12. The van der Waals surface area contributed by atoms with E-state index in [0.717, 1.165) is 24.0 Å². The van der Waals surface area contributed by atoms with Gasteiger partial charge in [-0.1, -0.05) is 61.5 Å². The summed E-state index contributed by atoms with van der Waals surface area (Å²) in [6.45, 7) is 6.31. The number of hydrogen-bond acceptors (Lipinski definition) is 6. The first kappa shape index (κ1) is 30.6. The van der Waals surface area contributed by atoms with E-state index >= 15 is 0 Å². The minimum Gasteiger partial charge on any atom is -0.496 e. The van der Waals surface area contributed by atoms with Crippen molar-refractivity contribution in [2.24, 2.45) is 0 Å². The van der Waals surface area contributed by atoms with Crippen LogP contribution in [0.1, 0.15) is 74.0 Å². The van der Waals surface area contributed by atoms with Crippen LogP contribution in [0.5, 0.6) is 5.75 Å². The first-order valence-corrected chi connectivity index (χ1v) is 14.3. The third kappa shape index (κ3) is 8.05. The molecule has 0 fully saturated rings. The lowest BCUT2D eigenvalue weighted by Gasteiger charge is -2.18. The lowest BCUT2D eigenvalue weighted by atomic mass is 10.0. The Labute approximate surface area is 242 Å². The summed E-state index contributed by atoms with van der Waals surface area (Å²) in [4.78, 5) is 28.7. The van der Waals surface area contributed by atoms with E-state index in [1.54, 1.807) is 7.11 Å². The number of methoxy groups -OCH3 is 1. The molecule has 1 heterocycles. The fourth-order valence-corrected chi connectivity index (χ4v) is 5.24. The summed E-state index contributed by atoms with van der Waals surface area (Å²) in [6.07, 6.45) is 5.77. The van der Waals surface area contributed by atoms with Gasteiger partial charge >= 0.3 is 5.97 Å². The summed E-state index contributed by atoms with van der Waals surface area (Å²) in [7, 11) is 1.62. The van der Waals surface area contributed by atoms with Gasteiger partial charge in [0.05, 0.1) is 29.0 Å². The number of amides is 1. The topological polar surface area (TPSA) is 97.8 Å². The van der Waals surface area contributed by atoms with Gasteiger partial charge in [0.15, 0.2) is 5.13 Å². The number of carboxylic acids is 1. The molecule has 0 saturated carbocycles. The number of nitrogens with one attached hydrogen (secondary N) is 1. The summed E-state index contributed by atoms with van der Waals surface area (Å²) in [5.74, 6) is -0.855. The first-order valence-electron chi connectivity index (χ1n) is 12.6. The van der Waals surface area contributed by atoms with Gasteiger partial charge in [-0.05, 0) is 44.5 Å². The van der Waals surface area contributed by atoms with Crippen molar-refractivity contribution in [3.05, 3.63) is 68.0 Å². The average molecular weight is 592 g/mol. The van der Waals surface area contributed by atoms with Crippen LogP contribution < -0.4 is 10.1 Å². The van der Waals surface area contributed by atoms with Gasteiger partial charge in [0, 0.05) is 39.8 Å². The highest BCUT2D eigenvalue weighted by molar-refractivity contribution is 7.14. The molecule has 3 aromatic rings. The first-order chi connectivity index (χ1) is 18.7. The molecular weight excluding hydrogens is 559 g/mol. The SMILES string of the molecule is CCCCCCOC(C)c1cccc(-c2csc(NC(=O)c3cc(Cl)c(/C=C(/C)C(=O)O)c(Cl)c3)n2)c1OC. The molecule has 0 saturated heterocycles. The van der Waals surface area contributed by atoms with Crippen molar-refractivity contribution in [3.63, 3.8) is 0 Å². The number of ether oxygens (including phenoxy) is 2. The van der Waals surface area contributed by atoms with Crippen molar-refractivity contribution in [1.82, 2.24) is 4.98 Å². The predicted molar refractivity (Wildman–Crippen MR) is 158 cm³/mol. The number of thiazole rings is 1. The molecule has 0 aliphatic heterocycles. The Balaban J connectivity index is 1.77. The van der Waals surface area contributed by atoms with Crippen LogP contribution in [0.4, 0.5) is 5.13 Å². The molecule has 208 valence electrons. The Hall–Kier alpha value is -2.91. The van der Waals surface area contributed by atoms with Gasteiger partial charge in [-0.2, -0.15) is 0 Å². The summed E-state index contributed by atoms with van der Waals surface area (Å²) >= 11 is 13.9. The second kappa shape index (κ2) is 14.5. The maximum atomic E-state index is 12.9. The number of carboxylic acid groups (broad SMARTS) is 1. The summed E-state index contributed by atoms with van der Waals surface area (Å²) in [5.41, 5.74) is 3.00. The molecule has 0 aliphatic rings. The quantitative estimate of drug-likeness (QED) is 0.153. The Morgan fingerprint density at radius 3 is 2.54 bits per heavy atom. The Morgan fingerprint density at radius 2 is 1.90 bits per heavy atom. The number of carbonyl (C=O) groups excluding carboxylic acids is 1. The van der Waals surface area contributed by atoms with Crippen LogP contribution in [0.15, 0.2) is 41.3 Å². The minimum absolute atomic E-state index is 0.0683. The number of aromatic nitrogens is 1. The second-order valence-corrected chi connectivity index (χ2v) is 10.7. The maximum absolute atomic E-state index is 12.9. The van der Waals surface area contributed by atoms with Gasteiger partial charge in [0.2, 0.25) is 0 Å².